The van der Waals surface area contributed by atoms with E-state index < -0.39 is 10.0 Å². The van der Waals surface area contributed by atoms with E-state index in [4.69, 9.17) is 0 Å². The number of hydrogen-bond acceptors (Lipinski definition) is 5. The van der Waals surface area contributed by atoms with Gasteiger partial charge in [-0.3, -0.25) is 4.79 Å². The largest absolute Gasteiger partial charge is 0.369 e. The number of rotatable bonds is 6. The molecule has 0 unspecified atom stereocenters. The zero-order valence-corrected chi connectivity index (χ0v) is 17.9. The van der Waals surface area contributed by atoms with Crippen molar-refractivity contribution in [3.63, 3.8) is 0 Å². The summed E-state index contributed by atoms with van der Waals surface area (Å²) in [5.41, 5.74) is 3.42. The molecular formula is C21H28N4O3S. The van der Waals surface area contributed by atoms with Gasteiger partial charge in [-0.25, -0.2) is 13.1 Å². The molecule has 0 spiro atoms. The standard InChI is InChI=1S/C21H28N4O3S/c1-4-22-29(27,28)19-8-5-17(6-9-19)21(26)23-18-7-10-20(16(2)15-18)25-13-11-24(3)12-14-25/h5-10,15,22H,4,11-14H2,1-3H3,(H,23,26). The molecule has 3 rings (SSSR count). The molecule has 2 N–H and O–H groups in total. The van der Waals surface area contributed by atoms with Crippen LogP contribution < -0.4 is 14.9 Å². The van der Waals surface area contributed by atoms with Crippen LogP contribution in [0.2, 0.25) is 0 Å². The van der Waals surface area contributed by atoms with Gasteiger partial charge in [0.2, 0.25) is 10.0 Å². The Labute approximate surface area is 172 Å². The highest BCUT2D eigenvalue weighted by atomic mass is 32.2. The maximum atomic E-state index is 12.5. The number of nitrogens with zero attached hydrogens (tertiary/aromatic N) is 2. The Morgan fingerprint density at radius 3 is 2.28 bits per heavy atom. The summed E-state index contributed by atoms with van der Waals surface area (Å²) in [5.74, 6) is -0.274. The third-order valence-electron chi connectivity index (χ3n) is 5.06. The van der Waals surface area contributed by atoms with Gasteiger partial charge in [0.05, 0.1) is 4.90 Å². The van der Waals surface area contributed by atoms with E-state index in [9.17, 15) is 13.2 Å². The third-order valence-corrected chi connectivity index (χ3v) is 6.62. The van der Waals surface area contributed by atoms with Gasteiger partial charge < -0.3 is 15.1 Å². The summed E-state index contributed by atoms with van der Waals surface area (Å²) in [5, 5.41) is 2.89. The molecule has 29 heavy (non-hydrogen) atoms. The Balaban J connectivity index is 1.68. The Morgan fingerprint density at radius 2 is 1.69 bits per heavy atom. The molecule has 0 saturated carbocycles. The number of piperazine rings is 1. The Morgan fingerprint density at radius 1 is 1.03 bits per heavy atom. The summed E-state index contributed by atoms with van der Waals surface area (Å²) in [6, 6.07) is 11.8. The number of anilines is 2. The lowest BCUT2D eigenvalue weighted by atomic mass is 10.1. The van der Waals surface area contributed by atoms with Crippen LogP contribution in [0.4, 0.5) is 11.4 Å². The van der Waals surface area contributed by atoms with Crippen molar-refractivity contribution in [1.82, 2.24) is 9.62 Å². The predicted molar refractivity (Wildman–Crippen MR) is 116 cm³/mol. The van der Waals surface area contributed by atoms with Gasteiger partial charge >= 0.3 is 0 Å². The first kappa shape index (κ1) is 21.3. The number of sulfonamides is 1. The average Bonchev–Trinajstić information content (AvgIpc) is 2.69. The number of carbonyl (C=O) groups excluding carboxylic acids is 1. The third kappa shape index (κ3) is 5.14. The van der Waals surface area contributed by atoms with Gasteiger partial charge in [0.15, 0.2) is 0 Å². The minimum Gasteiger partial charge on any atom is -0.369 e. The van der Waals surface area contributed by atoms with Crippen LogP contribution >= 0.6 is 0 Å². The Hall–Kier alpha value is -2.42. The van der Waals surface area contributed by atoms with E-state index in [-0.39, 0.29) is 10.8 Å². The fraction of sp³-hybridized carbons (Fsp3) is 0.381. The molecule has 0 aliphatic carbocycles. The summed E-state index contributed by atoms with van der Waals surface area (Å²) in [7, 11) is -1.40. The Bertz CT molecular complexity index is 966. The molecule has 1 aliphatic rings. The zero-order valence-electron chi connectivity index (χ0n) is 17.1. The van der Waals surface area contributed by atoms with E-state index in [2.05, 4.69) is 26.9 Å². The summed E-state index contributed by atoms with van der Waals surface area (Å²) < 4.78 is 26.4. The molecule has 0 atom stereocenters. The zero-order chi connectivity index (χ0) is 21.0. The molecule has 0 aromatic heterocycles. The van der Waals surface area contributed by atoms with Crippen molar-refractivity contribution in [2.45, 2.75) is 18.7 Å². The van der Waals surface area contributed by atoms with Crippen molar-refractivity contribution < 1.29 is 13.2 Å². The number of amides is 1. The molecule has 1 aliphatic heterocycles. The van der Waals surface area contributed by atoms with Crippen molar-refractivity contribution in [1.29, 1.82) is 0 Å². The second-order valence-electron chi connectivity index (χ2n) is 7.27. The van der Waals surface area contributed by atoms with Gasteiger partial charge in [-0.1, -0.05) is 6.92 Å². The van der Waals surface area contributed by atoms with E-state index in [1.807, 2.05) is 25.1 Å². The van der Waals surface area contributed by atoms with Crippen LogP contribution in [0.15, 0.2) is 47.4 Å². The first-order valence-electron chi connectivity index (χ1n) is 9.75. The molecule has 1 fully saturated rings. The van der Waals surface area contributed by atoms with Gasteiger partial charge in [-0.2, -0.15) is 0 Å². The SMILES string of the molecule is CCNS(=O)(=O)c1ccc(C(=O)Nc2ccc(N3CCN(C)CC3)c(C)c2)cc1. The van der Waals surface area contributed by atoms with Gasteiger partial charge in [0.25, 0.3) is 5.91 Å². The summed E-state index contributed by atoms with van der Waals surface area (Å²) in [4.78, 5) is 17.4. The fourth-order valence-electron chi connectivity index (χ4n) is 3.40. The number of aryl methyl sites for hydroxylation is 1. The van der Waals surface area contributed by atoms with Gasteiger partial charge in [-0.15, -0.1) is 0 Å². The van der Waals surface area contributed by atoms with Crippen molar-refractivity contribution in [2.75, 3.05) is 50.0 Å². The van der Waals surface area contributed by atoms with Crippen molar-refractivity contribution in [3.05, 3.63) is 53.6 Å². The maximum absolute atomic E-state index is 12.5. The van der Waals surface area contributed by atoms with Crippen LogP contribution in [0, 0.1) is 6.92 Å². The molecule has 8 heteroatoms. The van der Waals surface area contributed by atoms with Crippen molar-refractivity contribution >= 4 is 27.3 Å². The van der Waals surface area contributed by atoms with E-state index >= 15 is 0 Å². The molecule has 7 nitrogen and oxygen atoms in total. The average molecular weight is 417 g/mol. The van der Waals surface area contributed by atoms with Crippen molar-refractivity contribution in [3.8, 4) is 0 Å². The lowest BCUT2D eigenvalue weighted by Gasteiger charge is -2.35. The number of likely N-dealkylation sites (N-methyl/N-ethyl adjacent to an activating group) is 1. The topological polar surface area (TPSA) is 81.7 Å². The highest BCUT2D eigenvalue weighted by Gasteiger charge is 2.17. The second-order valence-corrected chi connectivity index (χ2v) is 9.04. The number of hydrogen-bond donors (Lipinski definition) is 2. The quantitative estimate of drug-likeness (QED) is 0.755. The lowest BCUT2D eigenvalue weighted by molar-refractivity contribution is 0.102. The lowest BCUT2D eigenvalue weighted by Crippen LogP contribution is -2.44. The molecule has 1 saturated heterocycles. The van der Waals surface area contributed by atoms with Crippen molar-refractivity contribution in [2.24, 2.45) is 0 Å². The molecule has 1 heterocycles. The minimum atomic E-state index is -3.53. The van der Waals surface area contributed by atoms with Crippen LogP contribution in [-0.2, 0) is 10.0 Å². The molecule has 0 bridgehead atoms. The molecule has 2 aromatic carbocycles. The van der Waals surface area contributed by atoms with Crippen LogP contribution in [-0.4, -0.2) is 59.0 Å². The summed E-state index contributed by atoms with van der Waals surface area (Å²) >= 11 is 0. The van der Waals surface area contributed by atoms with Crippen LogP contribution in [0.1, 0.15) is 22.8 Å². The minimum absolute atomic E-state index is 0.142. The van der Waals surface area contributed by atoms with E-state index in [0.717, 1.165) is 37.4 Å². The summed E-state index contributed by atoms with van der Waals surface area (Å²) in [6.07, 6.45) is 0. The maximum Gasteiger partial charge on any atom is 0.255 e. The van der Waals surface area contributed by atoms with Gasteiger partial charge in [-0.05, 0) is 62.0 Å². The fourth-order valence-corrected chi connectivity index (χ4v) is 4.44. The number of nitrogens with one attached hydrogen (secondary N) is 2. The molecule has 0 radical (unpaired) electrons. The second kappa shape index (κ2) is 8.94. The van der Waals surface area contributed by atoms with Crippen LogP contribution in [0.25, 0.3) is 0 Å². The smallest absolute Gasteiger partial charge is 0.255 e. The molecule has 1 amide bonds. The number of benzene rings is 2. The van der Waals surface area contributed by atoms with Crippen LogP contribution in [0.3, 0.4) is 0 Å². The molecular weight excluding hydrogens is 388 g/mol. The molecule has 2 aromatic rings. The van der Waals surface area contributed by atoms with Crippen LogP contribution in [0.5, 0.6) is 0 Å². The first-order valence-corrected chi connectivity index (χ1v) is 11.2. The normalized spacial score (nSPS) is 15.3. The number of carbonyl (C=O) groups is 1. The Kier molecular flexibility index (Phi) is 6.56. The molecule has 156 valence electrons. The van der Waals surface area contributed by atoms with E-state index in [1.165, 1.54) is 30.0 Å². The first-order chi connectivity index (χ1) is 13.8. The van der Waals surface area contributed by atoms with E-state index in [1.54, 1.807) is 6.92 Å². The highest BCUT2D eigenvalue weighted by molar-refractivity contribution is 7.89. The van der Waals surface area contributed by atoms with E-state index in [0.29, 0.717) is 12.1 Å². The monoisotopic (exact) mass is 416 g/mol. The van der Waals surface area contributed by atoms with Gasteiger partial charge in [0, 0.05) is 49.7 Å². The predicted octanol–water partition coefficient (Wildman–Crippen LogP) is 2.30. The highest BCUT2D eigenvalue weighted by Crippen LogP contribution is 2.25. The van der Waals surface area contributed by atoms with Gasteiger partial charge in [0.1, 0.15) is 0 Å². The summed E-state index contributed by atoms with van der Waals surface area (Å²) in [6.45, 7) is 8.14.